The fraction of sp³-hybridized carbons (Fsp3) is 0.400. The molecule has 1 aromatic carbocycles. The predicted octanol–water partition coefficient (Wildman–Crippen LogP) is 3.62. The fourth-order valence-corrected chi connectivity index (χ4v) is 4.62. The molecule has 1 aromatic rings. The van der Waals surface area contributed by atoms with Gasteiger partial charge < -0.3 is 14.7 Å². The number of hydrogen-bond donors (Lipinski definition) is 2. The van der Waals surface area contributed by atoms with Crippen molar-refractivity contribution in [3.63, 3.8) is 0 Å². The van der Waals surface area contributed by atoms with Crippen LogP contribution in [0.4, 0.5) is 22.0 Å². The lowest BCUT2D eigenvalue weighted by Gasteiger charge is -2.24. The third-order valence-electron chi connectivity index (χ3n) is 3.55. The molecule has 0 bridgehead atoms. The highest BCUT2D eigenvalue weighted by molar-refractivity contribution is 7.59. The minimum atomic E-state index is -5.13. The normalized spacial score (nSPS) is 15.4. The zero-order valence-electron chi connectivity index (χ0n) is 14.1. The van der Waals surface area contributed by atoms with Crippen LogP contribution < -0.4 is 0 Å². The maximum Gasteiger partial charge on any atom is 0.307 e. The van der Waals surface area contributed by atoms with Crippen molar-refractivity contribution in [3.8, 4) is 0 Å². The molecule has 13 heteroatoms. The summed E-state index contributed by atoms with van der Waals surface area (Å²) >= 11 is 0. The summed E-state index contributed by atoms with van der Waals surface area (Å²) in [6.07, 6.45) is -2.67. The second kappa shape index (κ2) is 9.13. The van der Waals surface area contributed by atoms with Crippen LogP contribution in [0, 0.1) is 29.2 Å². The predicted molar refractivity (Wildman–Crippen MR) is 82.4 cm³/mol. The second-order valence-corrected chi connectivity index (χ2v) is 8.14. The molecular weight excluding hydrogens is 418 g/mol. The van der Waals surface area contributed by atoms with E-state index in [2.05, 4.69) is 4.52 Å². The molecule has 7 nitrogen and oxygen atoms in total. The van der Waals surface area contributed by atoms with Crippen molar-refractivity contribution < 1.29 is 55.6 Å². The SMILES string of the molecule is CC(=O)OP(=O)(CC(CCC(=O)O)C(=O)O)C(F)c1cc(F)c(F)c(F)c1F. The Balaban J connectivity index is 3.39. The van der Waals surface area contributed by atoms with Crippen molar-refractivity contribution in [2.24, 2.45) is 5.92 Å². The van der Waals surface area contributed by atoms with E-state index in [4.69, 9.17) is 10.2 Å². The Kier molecular flexibility index (Phi) is 7.68. The molecule has 0 radical (unpaired) electrons. The van der Waals surface area contributed by atoms with Crippen LogP contribution in [0.3, 0.4) is 0 Å². The summed E-state index contributed by atoms with van der Waals surface area (Å²) in [5, 5.41) is 17.7. The lowest BCUT2D eigenvalue weighted by atomic mass is 10.1. The Morgan fingerprint density at radius 2 is 1.68 bits per heavy atom. The van der Waals surface area contributed by atoms with Crippen molar-refractivity contribution >= 4 is 25.3 Å². The minimum Gasteiger partial charge on any atom is -0.481 e. The smallest absolute Gasteiger partial charge is 0.307 e. The molecule has 3 unspecified atom stereocenters. The quantitative estimate of drug-likeness (QED) is 0.265. The van der Waals surface area contributed by atoms with E-state index in [0.717, 1.165) is 0 Å². The van der Waals surface area contributed by atoms with Crippen molar-refractivity contribution in [3.05, 3.63) is 34.9 Å². The summed E-state index contributed by atoms with van der Waals surface area (Å²) in [5.41, 5.74) is -1.58. The minimum absolute atomic E-state index is 0.137. The number of carboxylic acids is 2. The first kappa shape index (κ1) is 23.5. The Morgan fingerprint density at radius 1 is 1.11 bits per heavy atom. The molecule has 2 N–H and O–H groups in total. The molecular formula is C15H14F5O7P. The number of carboxylic acid groups (broad SMARTS) is 2. The van der Waals surface area contributed by atoms with Gasteiger partial charge in [0.25, 0.3) is 7.37 Å². The first-order valence-electron chi connectivity index (χ1n) is 7.50. The van der Waals surface area contributed by atoms with Crippen LogP contribution in [-0.2, 0) is 23.5 Å². The van der Waals surface area contributed by atoms with Gasteiger partial charge in [0.2, 0.25) is 5.91 Å². The Morgan fingerprint density at radius 3 is 2.14 bits per heavy atom. The molecule has 0 fully saturated rings. The van der Waals surface area contributed by atoms with Gasteiger partial charge in [0.05, 0.1) is 12.1 Å². The lowest BCUT2D eigenvalue weighted by Crippen LogP contribution is -2.22. The van der Waals surface area contributed by atoms with Crippen LogP contribution in [0.1, 0.15) is 31.2 Å². The third-order valence-corrected chi connectivity index (χ3v) is 6.03. The Labute approximate surface area is 154 Å². The van der Waals surface area contributed by atoms with Crippen molar-refractivity contribution in [2.75, 3.05) is 6.16 Å². The monoisotopic (exact) mass is 432 g/mol. The standard InChI is InChI=1S/C15H14F5O7P/c1-6(21)27-28(26,5-7(15(24)25)2-3-10(22)23)14(20)8-4-9(16)12(18)13(19)11(8)17/h4,7,14H,2-3,5H2,1H3,(H,22,23)(H,24,25). The highest BCUT2D eigenvalue weighted by Crippen LogP contribution is 2.62. The molecule has 0 spiro atoms. The van der Waals surface area contributed by atoms with Gasteiger partial charge in [-0.25, -0.2) is 22.0 Å². The average molecular weight is 432 g/mol. The van der Waals surface area contributed by atoms with E-state index in [1.807, 2.05) is 0 Å². The van der Waals surface area contributed by atoms with Crippen molar-refractivity contribution in [2.45, 2.75) is 25.7 Å². The highest BCUT2D eigenvalue weighted by Gasteiger charge is 2.44. The van der Waals surface area contributed by atoms with Crippen LogP contribution in [0.5, 0.6) is 0 Å². The van der Waals surface area contributed by atoms with E-state index in [9.17, 15) is 40.9 Å². The average Bonchev–Trinajstić information content (AvgIpc) is 2.58. The number of carbonyl (C=O) groups is 3. The van der Waals surface area contributed by atoms with Crippen LogP contribution >= 0.6 is 7.37 Å². The zero-order chi connectivity index (χ0) is 21.8. The van der Waals surface area contributed by atoms with Gasteiger partial charge in [-0.2, -0.15) is 0 Å². The molecule has 28 heavy (non-hydrogen) atoms. The van der Waals surface area contributed by atoms with E-state index in [-0.39, 0.29) is 6.07 Å². The molecule has 0 aliphatic heterocycles. The van der Waals surface area contributed by atoms with Gasteiger partial charge in [0.1, 0.15) is 0 Å². The number of hydrogen-bond acceptors (Lipinski definition) is 5. The third kappa shape index (κ3) is 5.51. The first-order valence-corrected chi connectivity index (χ1v) is 9.38. The van der Waals surface area contributed by atoms with Gasteiger partial charge in [-0.05, 0) is 12.5 Å². The summed E-state index contributed by atoms with van der Waals surface area (Å²) in [5.74, 6) is -18.5. The molecule has 0 aromatic heterocycles. The molecule has 0 saturated heterocycles. The molecule has 0 heterocycles. The molecule has 0 amide bonds. The van der Waals surface area contributed by atoms with E-state index in [1.54, 1.807) is 0 Å². The maximum absolute atomic E-state index is 14.8. The second-order valence-electron chi connectivity index (χ2n) is 5.68. The number of rotatable bonds is 9. The van der Waals surface area contributed by atoms with Gasteiger partial charge >= 0.3 is 17.9 Å². The van der Waals surface area contributed by atoms with Crippen LogP contribution in [-0.4, -0.2) is 34.3 Å². The maximum atomic E-state index is 14.8. The van der Waals surface area contributed by atoms with Crippen molar-refractivity contribution in [1.29, 1.82) is 0 Å². The number of aliphatic carboxylic acids is 2. The van der Waals surface area contributed by atoms with E-state index < -0.39 is 84.9 Å². The van der Waals surface area contributed by atoms with Gasteiger partial charge in [-0.1, -0.05) is 0 Å². The van der Waals surface area contributed by atoms with Gasteiger partial charge in [-0.15, -0.1) is 0 Å². The molecule has 0 aliphatic rings. The summed E-state index contributed by atoms with van der Waals surface area (Å²) in [7, 11) is -5.13. The largest absolute Gasteiger partial charge is 0.481 e. The van der Waals surface area contributed by atoms with Crippen LogP contribution in [0.25, 0.3) is 0 Å². The van der Waals surface area contributed by atoms with Gasteiger partial charge in [-0.3, -0.25) is 18.9 Å². The number of benzene rings is 1. The van der Waals surface area contributed by atoms with Gasteiger partial charge in [0.15, 0.2) is 23.3 Å². The lowest BCUT2D eigenvalue weighted by molar-refractivity contribution is -0.142. The Bertz CT molecular complexity index is 845. The van der Waals surface area contributed by atoms with Gasteiger partial charge in [0, 0.05) is 18.9 Å². The number of halogens is 5. The Hall–Kier alpha value is -2.49. The van der Waals surface area contributed by atoms with E-state index in [0.29, 0.717) is 6.92 Å². The van der Waals surface area contributed by atoms with E-state index >= 15 is 0 Å². The summed E-state index contributed by atoms with van der Waals surface area (Å²) in [6.45, 7) is 0.661. The van der Waals surface area contributed by atoms with Crippen LogP contribution in [0.15, 0.2) is 6.07 Å². The highest BCUT2D eigenvalue weighted by atomic mass is 31.2. The van der Waals surface area contributed by atoms with Crippen molar-refractivity contribution in [1.82, 2.24) is 0 Å². The number of carbonyl (C=O) groups excluding carboxylic acids is 1. The van der Waals surface area contributed by atoms with E-state index in [1.165, 1.54) is 0 Å². The molecule has 156 valence electrons. The topological polar surface area (TPSA) is 118 Å². The summed E-state index contributed by atoms with van der Waals surface area (Å²) in [4.78, 5) is 33.0. The summed E-state index contributed by atoms with van der Waals surface area (Å²) in [6, 6.07) is -0.137. The fourth-order valence-electron chi connectivity index (χ4n) is 2.27. The molecule has 1 rings (SSSR count). The molecule has 3 atom stereocenters. The number of alkyl halides is 1. The zero-order valence-corrected chi connectivity index (χ0v) is 15.0. The first-order chi connectivity index (χ1) is 12.8. The summed E-state index contributed by atoms with van der Waals surface area (Å²) < 4.78 is 85.5. The molecule has 0 saturated carbocycles. The molecule has 0 aliphatic carbocycles. The van der Waals surface area contributed by atoms with Crippen LogP contribution in [0.2, 0.25) is 0 Å².